The van der Waals surface area contributed by atoms with E-state index >= 15 is 0 Å². The molecule has 33 heavy (non-hydrogen) atoms. The standard InChI is InChI=1S/C24H32ClN5O3/c25-20-10-8-19(9-11-20)24-26-21(33-27-24)6-5-7-22(31)30-16-14-28(15-17-30)18-23(32)29-12-3-1-2-4-13-29/h8-11H,1-7,12-18H2. The lowest BCUT2D eigenvalue weighted by Gasteiger charge is -2.35. The highest BCUT2D eigenvalue weighted by atomic mass is 35.5. The van der Waals surface area contributed by atoms with Crippen LogP contribution in [0.2, 0.25) is 5.02 Å². The lowest BCUT2D eigenvalue weighted by atomic mass is 10.2. The summed E-state index contributed by atoms with van der Waals surface area (Å²) in [7, 11) is 0. The van der Waals surface area contributed by atoms with E-state index in [1.807, 2.05) is 21.9 Å². The molecule has 4 rings (SSSR count). The Morgan fingerprint density at radius 3 is 2.24 bits per heavy atom. The summed E-state index contributed by atoms with van der Waals surface area (Å²) in [5.41, 5.74) is 0.845. The van der Waals surface area contributed by atoms with Crippen molar-refractivity contribution in [3.63, 3.8) is 0 Å². The van der Waals surface area contributed by atoms with Crippen molar-refractivity contribution >= 4 is 23.4 Å². The van der Waals surface area contributed by atoms with Crippen LogP contribution in [-0.4, -0.2) is 82.5 Å². The van der Waals surface area contributed by atoms with Crippen molar-refractivity contribution in [3.8, 4) is 11.4 Å². The Hall–Kier alpha value is -2.45. The number of aryl methyl sites for hydroxylation is 1. The first-order chi connectivity index (χ1) is 16.1. The zero-order chi connectivity index (χ0) is 23.0. The molecule has 0 bridgehead atoms. The molecule has 0 unspecified atom stereocenters. The van der Waals surface area contributed by atoms with Gasteiger partial charge in [-0.1, -0.05) is 29.6 Å². The number of halogens is 1. The van der Waals surface area contributed by atoms with Crippen molar-refractivity contribution in [2.24, 2.45) is 0 Å². The van der Waals surface area contributed by atoms with Crippen LogP contribution in [0.15, 0.2) is 28.8 Å². The van der Waals surface area contributed by atoms with E-state index in [1.165, 1.54) is 12.8 Å². The molecule has 1 aromatic heterocycles. The van der Waals surface area contributed by atoms with E-state index in [0.717, 1.165) is 44.6 Å². The number of amides is 2. The number of aromatic nitrogens is 2. The summed E-state index contributed by atoms with van der Waals surface area (Å²) in [4.78, 5) is 35.7. The van der Waals surface area contributed by atoms with Gasteiger partial charge in [0.1, 0.15) is 0 Å². The zero-order valence-corrected chi connectivity index (χ0v) is 19.8. The Morgan fingerprint density at radius 1 is 0.879 bits per heavy atom. The molecule has 0 atom stereocenters. The zero-order valence-electron chi connectivity index (χ0n) is 19.0. The lowest BCUT2D eigenvalue weighted by molar-refractivity contribution is -0.135. The fourth-order valence-corrected chi connectivity index (χ4v) is 4.51. The van der Waals surface area contributed by atoms with Crippen molar-refractivity contribution in [2.45, 2.75) is 44.9 Å². The average molecular weight is 474 g/mol. The van der Waals surface area contributed by atoms with Gasteiger partial charge in [0.25, 0.3) is 0 Å². The first-order valence-electron chi connectivity index (χ1n) is 11.9. The number of rotatable bonds is 7. The van der Waals surface area contributed by atoms with E-state index in [2.05, 4.69) is 15.0 Å². The number of benzene rings is 1. The molecule has 0 N–H and O–H groups in total. The Bertz CT molecular complexity index is 916. The largest absolute Gasteiger partial charge is 0.342 e. The van der Waals surface area contributed by atoms with Crippen molar-refractivity contribution in [1.29, 1.82) is 0 Å². The van der Waals surface area contributed by atoms with Crippen LogP contribution in [0.25, 0.3) is 11.4 Å². The number of hydrogen-bond donors (Lipinski definition) is 0. The predicted molar refractivity (Wildman–Crippen MR) is 126 cm³/mol. The quantitative estimate of drug-likeness (QED) is 0.613. The van der Waals surface area contributed by atoms with Gasteiger partial charge >= 0.3 is 0 Å². The van der Waals surface area contributed by atoms with Crippen LogP contribution in [0.1, 0.15) is 44.4 Å². The van der Waals surface area contributed by atoms with Crippen LogP contribution in [0.5, 0.6) is 0 Å². The highest BCUT2D eigenvalue weighted by Gasteiger charge is 2.24. The van der Waals surface area contributed by atoms with Gasteiger partial charge in [-0.2, -0.15) is 4.98 Å². The third kappa shape index (κ3) is 6.77. The van der Waals surface area contributed by atoms with Gasteiger partial charge in [-0.05, 0) is 43.5 Å². The molecule has 2 aromatic rings. The summed E-state index contributed by atoms with van der Waals surface area (Å²) in [6.45, 7) is 5.09. The first-order valence-corrected chi connectivity index (χ1v) is 12.3. The molecule has 2 saturated heterocycles. The summed E-state index contributed by atoms with van der Waals surface area (Å²) in [5.74, 6) is 1.43. The van der Waals surface area contributed by atoms with Gasteiger partial charge in [0, 0.05) is 62.7 Å². The molecular formula is C24H32ClN5O3. The van der Waals surface area contributed by atoms with Crippen molar-refractivity contribution in [3.05, 3.63) is 35.2 Å². The fraction of sp³-hybridized carbons (Fsp3) is 0.583. The normalized spacial score (nSPS) is 17.7. The van der Waals surface area contributed by atoms with Gasteiger partial charge in [-0.25, -0.2) is 0 Å². The van der Waals surface area contributed by atoms with Crippen molar-refractivity contribution < 1.29 is 14.1 Å². The Labute approximate surface area is 199 Å². The summed E-state index contributed by atoms with van der Waals surface area (Å²) in [5, 5.41) is 4.67. The molecule has 8 nitrogen and oxygen atoms in total. The topological polar surface area (TPSA) is 82.8 Å². The molecular weight excluding hydrogens is 442 g/mol. The van der Waals surface area contributed by atoms with E-state index in [-0.39, 0.29) is 11.8 Å². The second-order valence-electron chi connectivity index (χ2n) is 8.82. The van der Waals surface area contributed by atoms with E-state index in [0.29, 0.717) is 55.6 Å². The van der Waals surface area contributed by atoms with Gasteiger partial charge in [0.2, 0.25) is 23.5 Å². The maximum absolute atomic E-state index is 12.6. The second kappa shape index (κ2) is 11.6. The number of piperazine rings is 1. The van der Waals surface area contributed by atoms with Gasteiger partial charge in [-0.3, -0.25) is 14.5 Å². The van der Waals surface area contributed by atoms with Gasteiger partial charge < -0.3 is 14.3 Å². The van der Waals surface area contributed by atoms with Crippen molar-refractivity contribution in [1.82, 2.24) is 24.8 Å². The average Bonchev–Trinajstić information content (AvgIpc) is 3.12. The summed E-state index contributed by atoms with van der Waals surface area (Å²) >= 11 is 5.91. The number of carbonyl (C=O) groups is 2. The smallest absolute Gasteiger partial charge is 0.236 e. The summed E-state index contributed by atoms with van der Waals surface area (Å²) < 4.78 is 5.32. The second-order valence-corrected chi connectivity index (χ2v) is 9.26. The van der Waals surface area contributed by atoms with Gasteiger partial charge in [0.05, 0.1) is 6.54 Å². The van der Waals surface area contributed by atoms with Crippen LogP contribution in [0.4, 0.5) is 0 Å². The highest BCUT2D eigenvalue weighted by Crippen LogP contribution is 2.19. The molecule has 0 saturated carbocycles. The predicted octanol–water partition coefficient (Wildman–Crippen LogP) is 3.26. The molecule has 0 radical (unpaired) electrons. The molecule has 2 aliphatic heterocycles. The third-order valence-electron chi connectivity index (χ3n) is 6.39. The van der Waals surface area contributed by atoms with E-state index in [1.54, 1.807) is 12.1 Å². The monoisotopic (exact) mass is 473 g/mol. The molecule has 1 aromatic carbocycles. The fourth-order valence-electron chi connectivity index (χ4n) is 4.39. The Kier molecular flexibility index (Phi) is 8.34. The molecule has 0 spiro atoms. The number of likely N-dealkylation sites (tertiary alicyclic amines) is 1. The minimum absolute atomic E-state index is 0.144. The van der Waals surface area contributed by atoms with Gasteiger partial charge in [0.15, 0.2) is 0 Å². The van der Waals surface area contributed by atoms with Crippen LogP contribution in [0.3, 0.4) is 0 Å². The molecule has 2 aliphatic rings. The SMILES string of the molecule is O=C(CCCc1nc(-c2ccc(Cl)cc2)no1)N1CCN(CC(=O)N2CCCCCC2)CC1. The molecule has 178 valence electrons. The minimum atomic E-state index is 0.144. The van der Waals surface area contributed by atoms with Crippen LogP contribution in [-0.2, 0) is 16.0 Å². The van der Waals surface area contributed by atoms with E-state index < -0.39 is 0 Å². The molecule has 0 aliphatic carbocycles. The number of nitrogens with zero attached hydrogens (tertiary/aromatic N) is 5. The molecule has 2 amide bonds. The summed E-state index contributed by atoms with van der Waals surface area (Å²) in [6, 6.07) is 7.27. The van der Waals surface area contributed by atoms with Crippen LogP contribution in [0, 0.1) is 0 Å². The van der Waals surface area contributed by atoms with Crippen LogP contribution >= 0.6 is 11.6 Å². The highest BCUT2D eigenvalue weighted by molar-refractivity contribution is 6.30. The lowest BCUT2D eigenvalue weighted by Crippen LogP contribution is -2.51. The van der Waals surface area contributed by atoms with Crippen molar-refractivity contribution in [2.75, 3.05) is 45.8 Å². The Balaban J connectivity index is 1.15. The first kappa shape index (κ1) is 23.7. The Morgan fingerprint density at radius 2 is 1.55 bits per heavy atom. The maximum atomic E-state index is 12.6. The number of hydrogen-bond acceptors (Lipinski definition) is 6. The maximum Gasteiger partial charge on any atom is 0.236 e. The molecule has 3 heterocycles. The third-order valence-corrected chi connectivity index (χ3v) is 6.65. The van der Waals surface area contributed by atoms with Crippen LogP contribution < -0.4 is 0 Å². The number of carbonyl (C=O) groups excluding carboxylic acids is 2. The van der Waals surface area contributed by atoms with E-state index in [4.69, 9.17) is 16.1 Å². The summed E-state index contributed by atoms with van der Waals surface area (Å²) in [6.07, 6.45) is 6.35. The minimum Gasteiger partial charge on any atom is -0.342 e. The van der Waals surface area contributed by atoms with E-state index in [9.17, 15) is 9.59 Å². The van der Waals surface area contributed by atoms with Gasteiger partial charge in [-0.15, -0.1) is 0 Å². The molecule has 9 heteroatoms. The molecule has 2 fully saturated rings.